The largest absolute Gasteiger partial charge is 0.507 e. The summed E-state index contributed by atoms with van der Waals surface area (Å²) < 4.78 is 0.823. The first-order valence-electron chi connectivity index (χ1n) is 11.5. The zero-order valence-electron chi connectivity index (χ0n) is 20.5. The number of hydrogen-bond acceptors (Lipinski definition) is 4. The number of aliphatic hydroxyl groups is 1. The number of halogens is 1. The van der Waals surface area contributed by atoms with Crippen molar-refractivity contribution in [2.45, 2.75) is 39.2 Å². The number of amides is 2. The lowest BCUT2D eigenvalue weighted by Crippen LogP contribution is -2.29. The zero-order chi connectivity index (χ0) is 26.2. The van der Waals surface area contributed by atoms with E-state index in [-0.39, 0.29) is 22.7 Å². The summed E-state index contributed by atoms with van der Waals surface area (Å²) in [5.74, 6) is -2.02. The summed E-state index contributed by atoms with van der Waals surface area (Å²) in [5.41, 5.74) is 3.08. The van der Waals surface area contributed by atoms with E-state index in [1.54, 1.807) is 48.5 Å². The van der Waals surface area contributed by atoms with Crippen molar-refractivity contribution in [3.8, 4) is 0 Å². The third-order valence-electron chi connectivity index (χ3n) is 6.10. The predicted octanol–water partition coefficient (Wildman–Crippen LogP) is 6.33. The van der Waals surface area contributed by atoms with Gasteiger partial charge in [-0.2, -0.15) is 0 Å². The lowest BCUT2D eigenvalue weighted by atomic mass is 9.85. The number of hydrogen-bond donors (Lipinski definition) is 2. The number of nitrogens with one attached hydrogen (secondary N) is 1. The second-order valence-electron chi connectivity index (χ2n) is 9.78. The van der Waals surface area contributed by atoms with Crippen molar-refractivity contribution in [2.24, 2.45) is 0 Å². The summed E-state index contributed by atoms with van der Waals surface area (Å²) in [6, 6.07) is 20.5. The first-order chi connectivity index (χ1) is 17.0. The molecule has 1 unspecified atom stereocenters. The molecule has 36 heavy (non-hydrogen) atoms. The van der Waals surface area contributed by atoms with Gasteiger partial charge in [0.25, 0.3) is 11.7 Å². The minimum Gasteiger partial charge on any atom is -0.507 e. The molecule has 0 aromatic heterocycles. The molecule has 2 amide bonds. The van der Waals surface area contributed by atoms with Gasteiger partial charge in [0.1, 0.15) is 5.76 Å². The second kappa shape index (κ2) is 9.74. The van der Waals surface area contributed by atoms with Crippen LogP contribution in [0.1, 0.15) is 50.4 Å². The maximum atomic E-state index is 13.4. The number of carbonyl (C=O) groups excluding carboxylic acids is 3. The number of carbonyl (C=O) groups is 3. The molecule has 1 atom stereocenters. The summed E-state index contributed by atoms with van der Waals surface area (Å²) in [7, 11) is 0. The van der Waals surface area contributed by atoms with E-state index in [9.17, 15) is 19.5 Å². The molecule has 3 aromatic carbocycles. The average molecular weight is 547 g/mol. The average Bonchev–Trinajstić information content (AvgIpc) is 3.09. The third kappa shape index (κ3) is 4.97. The van der Waals surface area contributed by atoms with Crippen LogP contribution >= 0.6 is 15.9 Å². The van der Waals surface area contributed by atoms with Gasteiger partial charge in [-0.25, -0.2) is 0 Å². The SMILES string of the molecule is CC(=O)Nc1cccc(N2C(=O)C(=O)/C(=C(/O)c3ccc(Br)cc3)C2c2ccc(C(C)(C)C)cc2)c1. The van der Waals surface area contributed by atoms with Gasteiger partial charge in [0.15, 0.2) is 0 Å². The quantitative estimate of drug-likeness (QED) is 0.227. The molecule has 1 fully saturated rings. The molecule has 1 saturated heterocycles. The van der Waals surface area contributed by atoms with E-state index in [1.807, 2.05) is 24.3 Å². The minimum atomic E-state index is -0.852. The fourth-order valence-corrected chi connectivity index (χ4v) is 4.54. The van der Waals surface area contributed by atoms with Crippen LogP contribution in [-0.2, 0) is 19.8 Å². The molecule has 0 radical (unpaired) electrons. The van der Waals surface area contributed by atoms with Crippen LogP contribution in [0.3, 0.4) is 0 Å². The summed E-state index contributed by atoms with van der Waals surface area (Å²) in [6.07, 6.45) is 0. The van der Waals surface area contributed by atoms with Crippen LogP contribution in [-0.4, -0.2) is 22.7 Å². The normalized spacial score (nSPS) is 17.4. The van der Waals surface area contributed by atoms with Crippen molar-refractivity contribution in [3.63, 3.8) is 0 Å². The monoisotopic (exact) mass is 546 g/mol. The van der Waals surface area contributed by atoms with Crippen molar-refractivity contribution >= 4 is 50.7 Å². The smallest absolute Gasteiger partial charge is 0.300 e. The molecule has 1 aliphatic heterocycles. The van der Waals surface area contributed by atoms with Crippen molar-refractivity contribution in [1.29, 1.82) is 0 Å². The number of rotatable bonds is 4. The lowest BCUT2D eigenvalue weighted by molar-refractivity contribution is -0.132. The summed E-state index contributed by atoms with van der Waals surface area (Å²) in [5, 5.41) is 14.0. The Morgan fingerprint density at radius 1 is 0.972 bits per heavy atom. The highest BCUT2D eigenvalue weighted by Gasteiger charge is 2.47. The van der Waals surface area contributed by atoms with E-state index in [4.69, 9.17) is 0 Å². The molecule has 3 aromatic rings. The number of ketones is 1. The van der Waals surface area contributed by atoms with Crippen LogP contribution in [0.25, 0.3) is 5.76 Å². The Bertz CT molecular complexity index is 1370. The molecule has 1 heterocycles. The van der Waals surface area contributed by atoms with Crippen LogP contribution < -0.4 is 10.2 Å². The fourth-order valence-electron chi connectivity index (χ4n) is 4.28. The van der Waals surface area contributed by atoms with Gasteiger partial charge in [-0.05, 0) is 46.9 Å². The van der Waals surface area contributed by atoms with Gasteiger partial charge in [-0.1, -0.05) is 79.2 Å². The number of aliphatic hydroxyl groups excluding tert-OH is 1. The van der Waals surface area contributed by atoms with Crippen molar-refractivity contribution in [2.75, 3.05) is 10.2 Å². The van der Waals surface area contributed by atoms with Crippen LogP contribution in [0.5, 0.6) is 0 Å². The minimum absolute atomic E-state index is 0.00996. The zero-order valence-corrected chi connectivity index (χ0v) is 22.1. The van der Waals surface area contributed by atoms with Gasteiger partial charge in [0.2, 0.25) is 5.91 Å². The Kier molecular flexibility index (Phi) is 6.87. The molecule has 0 spiro atoms. The first kappa shape index (κ1) is 25.4. The van der Waals surface area contributed by atoms with Crippen LogP contribution in [0.15, 0.2) is 82.8 Å². The first-order valence-corrected chi connectivity index (χ1v) is 12.3. The van der Waals surface area contributed by atoms with Crippen molar-refractivity contribution in [3.05, 3.63) is 99.5 Å². The van der Waals surface area contributed by atoms with Crippen LogP contribution in [0.4, 0.5) is 11.4 Å². The Morgan fingerprint density at radius 3 is 2.19 bits per heavy atom. The summed E-state index contributed by atoms with van der Waals surface area (Å²) in [4.78, 5) is 39.7. The van der Waals surface area contributed by atoms with Crippen molar-refractivity contribution < 1.29 is 19.5 Å². The van der Waals surface area contributed by atoms with Gasteiger partial charge in [-0.15, -0.1) is 0 Å². The molecule has 2 N–H and O–H groups in total. The summed E-state index contributed by atoms with van der Waals surface area (Å²) in [6.45, 7) is 7.72. The van der Waals surface area contributed by atoms with E-state index < -0.39 is 17.7 Å². The van der Waals surface area contributed by atoms with E-state index >= 15 is 0 Å². The fraction of sp³-hybridized carbons (Fsp3) is 0.207. The molecule has 4 rings (SSSR count). The molecule has 6 nitrogen and oxygen atoms in total. The molecule has 0 saturated carbocycles. The standard InChI is InChI=1S/C29H27BrN2O4/c1-17(33)31-22-6-5-7-23(16-22)32-25(18-8-12-20(13-9-18)29(2,3)4)24(27(35)28(32)36)26(34)19-10-14-21(30)15-11-19/h5-16,25,34H,1-4H3,(H,31,33)/b26-24+. The van der Waals surface area contributed by atoms with Gasteiger partial charge in [0, 0.05) is 28.3 Å². The van der Waals surface area contributed by atoms with Crippen LogP contribution in [0.2, 0.25) is 0 Å². The maximum absolute atomic E-state index is 13.4. The third-order valence-corrected chi connectivity index (χ3v) is 6.63. The highest BCUT2D eigenvalue weighted by molar-refractivity contribution is 9.10. The summed E-state index contributed by atoms with van der Waals surface area (Å²) >= 11 is 3.38. The van der Waals surface area contributed by atoms with Gasteiger partial charge in [-0.3, -0.25) is 19.3 Å². The molecular formula is C29H27BrN2O4. The Morgan fingerprint density at radius 2 is 1.61 bits per heavy atom. The molecule has 0 bridgehead atoms. The number of Topliss-reactive ketones (excluding diaryl/α,β-unsaturated/α-hetero) is 1. The van der Waals surface area contributed by atoms with Gasteiger partial charge >= 0.3 is 0 Å². The molecular weight excluding hydrogens is 520 g/mol. The van der Waals surface area contributed by atoms with E-state index in [0.29, 0.717) is 22.5 Å². The number of benzene rings is 3. The topological polar surface area (TPSA) is 86.7 Å². The van der Waals surface area contributed by atoms with E-state index in [1.165, 1.54) is 11.8 Å². The van der Waals surface area contributed by atoms with Crippen molar-refractivity contribution in [1.82, 2.24) is 0 Å². The molecule has 1 aliphatic rings. The molecule has 7 heteroatoms. The number of nitrogens with zero attached hydrogens (tertiary/aromatic N) is 1. The Labute approximate surface area is 218 Å². The maximum Gasteiger partial charge on any atom is 0.300 e. The predicted molar refractivity (Wildman–Crippen MR) is 145 cm³/mol. The Hall–Kier alpha value is -3.71. The van der Waals surface area contributed by atoms with Gasteiger partial charge < -0.3 is 10.4 Å². The van der Waals surface area contributed by atoms with E-state index in [0.717, 1.165) is 10.0 Å². The highest BCUT2D eigenvalue weighted by atomic mass is 79.9. The number of anilines is 2. The molecule has 184 valence electrons. The van der Waals surface area contributed by atoms with E-state index in [2.05, 4.69) is 42.0 Å². The molecule has 0 aliphatic carbocycles. The lowest BCUT2D eigenvalue weighted by Gasteiger charge is -2.27. The Balaban J connectivity index is 1.91. The van der Waals surface area contributed by atoms with Crippen LogP contribution in [0, 0.1) is 0 Å². The highest BCUT2D eigenvalue weighted by Crippen LogP contribution is 2.43. The van der Waals surface area contributed by atoms with Gasteiger partial charge in [0.05, 0.1) is 11.6 Å². The second-order valence-corrected chi connectivity index (χ2v) is 10.7.